The molecule has 1 aliphatic heterocycles. The number of nitro groups is 1. The molecule has 1 saturated heterocycles. The summed E-state index contributed by atoms with van der Waals surface area (Å²) in [6, 6.07) is 3.87. The van der Waals surface area contributed by atoms with Gasteiger partial charge in [0.25, 0.3) is 5.69 Å². The molecule has 0 aromatic heterocycles. The van der Waals surface area contributed by atoms with Gasteiger partial charge in [0.1, 0.15) is 5.69 Å². The number of nitrogens with zero attached hydrogens (tertiary/aromatic N) is 2. The third kappa shape index (κ3) is 5.63. The average molecular weight is 372 g/mol. The Morgan fingerprint density at radius 3 is 2.76 bits per heavy atom. The summed E-state index contributed by atoms with van der Waals surface area (Å²) in [6.45, 7) is 1.91. The van der Waals surface area contributed by atoms with Gasteiger partial charge in [-0.05, 0) is 39.1 Å². The van der Waals surface area contributed by atoms with Crippen molar-refractivity contribution in [1.82, 2.24) is 9.62 Å². The van der Waals surface area contributed by atoms with Gasteiger partial charge < -0.3 is 15.0 Å². The zero-order valence-electron chi connectivity index (χ0n) is 14.4. The van der Waals surface area contributed by atoms with E-state index < -0.39 is 14.9 Å². The summed E-state index contributed by atoms with van der Waals surface area (Å²) in [5, 5.41) is 14.3. The highest BCUT2D eigenvalue weighted by Crippen LogP contribution is 2.28. The molecule has 0 radical (unpaired) electrons. The smallest absolute Gasteiger partial charge is 0.293 e. The summed E-state index contributed by atoms with van der Waals surface area (Å²) in [5.41, 5.74) is 0.0150. The third-order valence-corrected chi connectivity index (χ3v) is 5.33. The van der Waals surface area contributed by atoms with E-state index in [9.17, 15) is 18.5 Å². The van der Waals surface area contributed by atoms with E-state index in [1.54, 1.807) is 0 Å². The molecule has 0 spiro atoms. The Balaban J connectivity index is 2.12. The van der Waals surface area contributed by atoms with Crippen LogP contribution in [0.2, 0.25) is 0 Å². The molecule has 0 saturated carbocycles. The monoisotopic (exact) mass is 372 g/mol. The van der Waals surface area contributed by atoms with Gasteiger partial charge in [0.05, 0.1) is 15.9 Å². The van der Waals surface area contributed by atoms with Crippen LogP contribution in [0, 0.1) is 10.1 Å². The molecule has 1 fully saturated rings. The summed E-state index contributed by atoms with van der Waals surface area (Å²) in [6.07, 6.45) is 1.91. The number of hydrogen-bond acceptors (Lipinski definition) is 7. The Morgan fingerprint density at radius 1 is 1.40 bits per heavy atom. The van der Waals surface area contributed by atoms with Crippen molar-refractivity contribution in [2.75, 3.05) is 45.7 Å². The van der Waals surface area contributed by atoms with E-state index in [2.05, 4.69) is 10.0 Å². The van der Waals surface area contributed by atoms with Crippen LogP contribution in [-0.2, 0) is 14.8 Å². The molecule has 0 aliphatic carbocycles. The molecule has 1 atom stereocenters. The molecular formula is C15H24N4O5S. The molecule has 0 bridgehead atoms. The van der Waals surface area contributed by atoms with E-state index in [-0.39, 0.29) is 28.9 Å². The summed E-state index contributed by atoms with van der Waals surface area (Å²) in [4.78, 5) is 12.4. The van der Waals surface area contributed by atoms with Gasteiger partial charge in [-0.1, -0.05) is 0 Å². The topological polar surface area (TPSA) is 114 Å². The quantitative estimate of drug-likeness (QED) is 0.491. The number of rotatable bonds is 9. The molecule has 1 aromatic carbocycles. The maximum atomic E-state index is 12.3. The predicted molar refractivity (Wildman–Crippen MR) is 94.3 cm³/mol. The minimum Gasteiger partial charge on any atom is -0.377 e. The van der Waals surface area contributed by atoms with Crippen molar-refractivity contribution < 1.29 is 18.1 Å². The second-order valence-electron chi connectivity index (χ2n) is 6.15. The summed E-state index contributed by atoms with van der Waals surface area (Å²) in [7, 11) is -0.139. The minimum absolute atomic E-state index is 0.0238. The number of ether oxygens (including phenoxy) is 1. The Morgan fingerprint density at radius 2 is 2.16 bits per heavy atom. The van der Waals surface area contributed by atoms with Gasteiger partial charge in [-0.15, -0.1) is 0 Å². The number of hydrogen-bond donors (Lipinski definition) is 2. The van der Waals surface area contributed by atoms with Crippen LogP contribution in [0.3, 0.4) is 0 Å². The molecule has 140 valence electrons. The van der Waals surface area contributed by atoms with Crippen LogP contribution in [0.25, 0.3) is 0 Å². The Labute approximate surface area is 147 Å². The molecule has 0 amide bonds. The van der Waals surface area contributed by atoms with E-state index in [0.717, 1.165) is 18.9 Å². The molecule has 2 rings (SSSR count). The second-order valence-corrected chi connectivity index (χ2v) is 7.92. The van der Waals surface area contributed by atoms with Gasteiger partial charge in [-0.3, -0.25) is 10.1 Å². The maximum Gasteiger partial charge on any atom is 0.293 e. The standard InChI is InChI=1S/C15H24N4O5S/c1-18(2)8-7-17-25(22,23)13-5-6-14(15(10-13)19(20)21)16-11-12-4-3-9-24-12/h5-6,10,12,16-17H,3-4,7-9,11H2,1-2H3. The lowest BCUT2D eigenvalue weighted by Crippen LogP contribution is -2.31. The van der Waals surface area contributed by atoms with Gasteiger partial charge in [-0.25, -0.2) is 13.1 Å². The Kier molecular flexibility index (Phi) is 6.71. The molecule has 9 nitrogen and oxygen atoms in total. The molecule has 1 aromatic rings. The third-order valence-electron chi connectivity index (χ3n) is 3.87. The number of benzene rings is 1. The number of nitro benzene ring substituents is 1. The fourth-order valence-electron chi connectivity index (χ4n) is 2.50. The van der Waals surface area contributed by atoms with Crippen molar-refractivity contribution in [2.24, 2.45) is 0 Å². The SMILES string of the molecule is CN(C)CCNS(=O)(=O)c1ccc(NCC2CCCO2)c([N+](=O)[O-])c1. The fraction of sp³-hybridized carbons (Fsp3) is 0.600. The van der Waals surface area contributed by atoms with Crippen LogP contribution in [0.4, 0.5) is 11.4 Å². The Hall–Kier alpha value is -1.75. The molecule has 1 unspecified atom stereocenters. The van der Waals surface area contributed by atoms with Gasteiger partial charge >= 0.3 is 0 Å². The van der Waals surface area contributed by atoms with Gasteiger partial charge in [0, 0.05) is 32.3 Å². The zero-order valence-corrected chi connectivity index (χ0v) is 15.2. The fourth-order valence-corrected chi connectivity index (χ4v) is 3.54. The largest absolute Gasteiger partial charge is 0.377 e. The van der Waals surface area contributed by atoms with Gasteiger partial charge in [-0.2, -0.15) is 0 Å². The van der Waals surface area contributed by atoms with Crippen molar-refractivity contribution in [1.29, 1.82) is 0 Å². The highest BCUT2D eigenvalue weighted by atomic mass is 32.2. The first-order chi connectivity index (χ1) is 11.8. The van der Waals surface area contributed by atoms with E-state index >= 15 is 0 Å². The van der Waals surface area contributed by atoms with E-state index in [4.69, 9.17) is 4.74 Å². The van der Waals surface area contributed by atoms with Gasteiger partial charge in [0.15, 0.2) is 0 Å². The van der Waals surface area contributed by atoms with E-state index in [1.165, 1.54) is 12.1 Å². The van der Waals surface area contributed by atoms with Crippen molar-refractivity contribution in [2.45, 2.75) is 23.8 Å². The van der Waals surface area contributed by atoms with Crippen LogP contribution in [0.1, 0.15) is 12.8 Å². The van der Waals surface area contributed by atoms with Crippen molar-refractivity contribution in [3.8, 4) is 0 Å². The first kappa shape index (κ1) is 19.6. The lowest BCUT2D eigenvalue weighted by Gasteiger charge is -2.13. The number of likely N-dealkylation sites (N-methyl/N-ethyl adjacent to an activating group) is 1. The van der Waals surface area contributed by atoms with E-state index in [1.807, 2.05) is 19.0 Å². The predicted octanol–water partition coefficient (Wildman–Crippen LogP) is 1.03. The molecule has 25 heavy (non-hydrogen) atoms. The summed E-state index contributed by atoms with van der Waals surface area (Å²) >= 11 is 0. The maximum absolute atomic E-state index is 12.3. The number of anilines is 1. The molecule has 2 N–H and O–H groups in total. The molecule has 1 aliphatic rings. The molecule has 10 heteroatoms. The second kappa shape index (κ2) is 8.56. The average Bonchev–Trinajstić information content (AvgIpc) is 3.05. The first-order valence-electron chi connectivity index (χ1n) is 8.08. The Bertz CT molecular complexity index is 702. The van der Waals surface area contributed by atoms with Crippen LogP contribution in [0.15, 0.2) is 23.1 Å². The van der Waals surface area contributed by atoms with Crippen molar-refractivity contribution in [3.63, 3.8) is 0 Å². The van der Waals surface area contributed by atoms with Gasteiger partial charge in [0.2, 0.25) is 10.0 Å². The highest BCUT2D eigenvalue weighted by molar-refractivity contribution is 7.89. The van der Waals surface area contributed by atoms with E-state index in [0.29, 0.717) is 19.7 Å². The number of nitrogens with one attached hydrogen (secondary N) is 2. The summed E-state index contributed by atoms with van der Waals surface area (Å²) in [5.74, 6) is 0. The van der Waals surface area contributed by atoms with Crippen LogP contribution in [0.5, 0.6) is 0 Å². The molecule has 1 heterocycles. The van der Waals surface area contributed by atoms with Crippen LogP contribution in [-0.4, -0.2) is 64.7 Å². The summed E-state index contributed by atoms with van der Waals surface area (Å²) < 4.78 is 32.5. The normalized spacial score (nSPS) is 17.8. The lowest BCUT2D eigenvalue weighted by molar-refractivity contribution is -0.384. The first-order valence-corrected chi connectivity index (χ1v) is 9.56. The van der Waals surface area contributed by atoms with Crippen LogP contribution < -0.4 is 10.0 Å². The van der Waals surface area contributed by atoms with Crippen molar-refractivity contribution >= 4 is 21.4 Å². The van der Waals surface area contributed by atoms with Crippen LogP contribution >= 0.6 is 0 Å². The van der Waals surface area contributed by atoms with Crippen molar-refractivity contribution in [3.05, 3.63) is 28.3 Å². The number of sulfonamides is 1. The zero-order chi connectivity index (χ0) is 18.4. The molecular weight excluding hydrogens is 348 g/mol. The highest BCUT2D eigenvalue weighted by Gasteiger charge is 2.22. The lowest BCUT2D eigenvalue weighted by atomic mass is 10.2. The minimum atomic E-state index is -3.79.